The molecule has 0 amide bonds. The van der Waals surface area contributed by atoms with Crippen LogP contribution in [0.25, 0.3) is 0 Å². The van der Waals surface area contributed by atoms with E-state index >= 15 is 0 Å². The highest BCUT2D eigenvalue weighted by molar-refractivity contribution is 4.74. The SMILES string of the molecule is CCC(C)(C)NCCCCCCCCCCN. The summed E-state index contributed by atoms with van der Waals surface area (Å²) in [7, 11) is 0. The molecule has 0 aliphatic rings. The summed E-state index contributed by atoms with van der Waals surface area (Å²) >= 11 is 0. The van der Waals surface area contributed by atoms with Gasteiger partial charge in [-0.15, -0.1) is 0 Å². The molecule has 0 saturated carbocycles. The molecule has 0 radical (unpaired) electrons. The zero-order valence-corrected chi connectivity index (χ0v) is 12.4. The van der Waals surface area contributed by atoms with Gasteiger partial charge in [-0.25, -0.2) is 0 Å². The van der Waals surface area contributed by atoms with Gasteiger partial charge in [-0.05, 0) is 46.2 Å². The summed E-state index contributed by atoms with van der Waals surface area (Å²) in [4.78, 5) is 0. The maximum atomic E-state index is 5.46. The monoisotopic (exact) mass is 242 g/mol. The Morgan fingerprint density at radius 2 is 1.29 bits per heavy atom. The Morgan fingerprint density at radius 3 is 1.76 bits per heavy atom. The second-order valence-corrected chi connectivity index (χ2v) is 5.78. The normalized spacial score (nSPS) is 12.0. The lowest BCUT2D eigenvalue weighted by atomic mass is 10.0. The molecule has 3 N–H and O–H groups in total. The van der Waals surface area contributed by atoms with Crippen molar-refractivity contribution < 1.29 is 0 Å². The molecular formula is C15H34N2. The van der Waals surface area contributed by atoms with Gasteiger partial charge in [0.05, 0.1) is 0 Å². The van der Waals surface area contributed by atoms with Gasteiger partial charge in [0.1, 0.15) is 0 Å². The van der Waals surface area contributed by atoms with Crippen LogP contribution in [0.4, 0.5) is 0 Å². The lowest BCUT2D eigenvalue weighted by Gasteiger charge is -2.24. The molecule has 17 heavy (non-hydrogen) atoms. The van der Waals surface area contributed by atoms with E-state index in [9.17, 15) is 0 Å². The molecule has 0 rings (SSSR count). The van der Waals surface area contributed by atoms with E-state index in [0.717, 1.165) is 6.54 Å². The van der Waals surface area contributed by atoms with E-state index in [1.54, 1.807) is 0 Å². The number of hydrogen-bond acceptors (Lipinski definition) is 2. The molecule has 0 bridgehead atoms. The summed E-state index contributed by atoms with van der Waals surface area (Å²) in [5.41, 5.74) is 5.79. The van der Waals surface area contributed by atoms with Crippen LogP contribution in [0.3, 0.4) is 0 Å². The Balaban J connectivity index is 3.09. The number of unbranched alkanes of at least 4 members (excludes halogenated alkanes) is 7. The molecule has 0 saturated heterocycles. The number of nitrogens with one attached hydrogen (secondary N) is 1. The van der Waals surface area contributed by atoms with Crippen molar-refractivity contribution in [1.82, 2.24) is 5.32 Å². The quantitative estimate of drug-likeness (QED) is 0.510. The molecule has 0 aromatic carbocycles. The molecule has 0 aromatic rings. The summed E-state index contributed by atoms with van der Waals surface area (Å²) < 4.78 is 0. The van der Waals surface area contributed by atoms with Crippen LogP contribution in [-0.2, 0) is 0 Å². The third-order valence-corrected chi connectivity index (χ3v) is 3.62. The fraction of sp³-hybridized carbons (Fsp3) is 1.00. The number of rotatable bonds is 12. The second kappa shape index (κ2) is 11.0. The van der Waals surface area contributed by atoms with Crippen molar-refractivity contribution in [3.63, 3.8) is 0 Å². The molecule has 0 atom stereocenters. The zero-order chi connectivity index (χ0) is 13.0. The lowest BCUT2D eigenvalue weighted by Crippen LogP contribution is -2.38. The Bertz CT molecular complexity index is 155. The van der Waals surface area contributed by atoms with Gasteiger partial charge in [0.25, 0.3) is 0 Å². The van der Waals surface area contributed by atoms with Crippen molar-refractivity contribution in [2.75, 3.05) is 13.1 Å². The molecule has 0 aliphatic heterocycles. The second-order valence-electron chi connectivity index (χ2n) is 5.78. The first-order valence-electron chi connectivity index (χ1n) is 7.57. The van der Waals surface area contributed by atoms with Crippen LogP contribution in [0.15, 0.2) is 0 Å². The van der Waals surface area contributed by atoms with E-state index in [1.165, 1.54) is 64.3 Å². The van der Waals surface area contributed by atoms with E-state index < -0.39 is 0 Å². The molecule has 0 spiro atoms. The smallest absolute Gasteiger partial charge is 0.0122 e. The highest BCUT2D eigenvalue weighted by Gasteiger charge is 2.12. The van der Waals surface area contributed by atoms with Gasteiger partial charge in [0.2, 0.25) is 0 Å². The van der Waals surface area contributed by atoms with Gasteiger partial charge in [-0.3, -0.25) is 0 Å². The summed E-state index contributed by atoms with van der Waals surface area (Å²) in [6.07, 6.45) is 12.0. The standard InChI is InChI=1S/C15H34N2/c1-4-15(2,3)17-14-12-10-8-6-5-7-9-11-13-16/h17H,4-14,16H2,1-3H3. The van der Waals surface area contributed by atoms with Gasteiger partial charge < -0.3 is 11.1 Å². The lowest BCUT2D eigenvalue weighted by molar-refractivity contribution is 0.370. The average Bonchev–Trinajstić information content (AvgIpc) is 2.31. The van der Waals surface area contributed by atoms with Crippen LogP contribution in [-0.4, -0.2) is 18.6 Å². The van der Waals surface area contributed by atoms with Crippen molar-refractivity contribution in [1.29, 1.82) is 0 Å². The Morgan fingerprint density at radius 1 is 0.824 bits per heavy atom. The van der Waals surface area contributed by atoms with Gasteiger partial charge in [-0.2, -0.15) is 0 Å². The fourth-order valence-electron chi connectivity index (χ4n) is 1.88. The first kappa shape index (κ1) is 16.9. The van der Waals surface area contributed by atoms with E-state index in [0.29, 0.717) is 5.54 Å². The maximum absolute atomic E-state index is 5.46. The van der Waals surface area contributed by atoms with Gasteiger partial charge in [0.15, 0.2) is 0 Å². The van der Waals surface area contributed by atoms with Gasteiger partial charge >= 0.3 is 0 Å². The van der Waals surface area contributed by atoms with E-state index in [-0.39, 0.29) is 0 Å². The molecule has 2 heteroatoms. The van der Waals surface area contributed by atoms with Gasteiger partial charge in [0, 0.05) is 5.54 Å². The van der Waals surface area contributed by atoms with Crippen LogP contribution in [0.1, 0.15) is 78.6 Å². The Labute approximate surface area is 109 Å². The van der Waals surface area contributed by atoms with Crippen LogP contribution >= 0.6 is 0 Å². The first-order valence-corrected chi connectivity index (χ1v) is 7.57. The predicted octanol–water partition coefficient (Wildman–Crippen LogP) is 3.84. The van der Waals surface area contributed by atoms with Crippen LogP contribution in [0, 0.1) is 0 Å². The van der Waals surface area contributed by atoms with E-state index in [1.807, 2.05) is 0 Å². The zero-order valence-electron chi connectivity index (χ0n) is 12.4. The average molecular weight is 242 g/mol. The molecule has 0 aliphatic carbocycles. The molecule has 2 nitrogen and oxygen atoms in total. The van der Waals surface area contributed by atoms with Crippen molar-refractivity contribution >= 4 is 0 Å². The van der Waals surface area contributed by atoms with Crippen molar-refractivity contribution in [3.05, 3.63) is 0 Å². The summed E-state index contributed by atoms with van der Waals surface area (Å²) in [6, 6.07) is 0. The van der Waals surface area contributed by atoms with Crippen LogP contribution in [0.5, 0.6) is 0 Å². The van der Waals surface area contributed by atoms with E-state index in [2.05, 4.69) is 26.1 Å². The Kier molecular flexibility index (Phi) is 11.0. The largest absolute Gasteiger partial charge is 0.330 e. The highest BCUT2D eigenvalue weighted by Crippen LogP contribution is 2.09. The number of hydrogen-bond donors (Lipinski definition) is 2. The van der Waals surface area contributed by atoms with Crippen molar-refractivity contribution in [2.45, 2.75) is 84.1 Å². The Hall–Kier alpha value is -0.0800. The third kappa shape index (κ3) is 12.2. The molecule has 104 valence electrons. The highest BCUT2D eigenvalue weighted by atomic mass is 14.9. The maximum Gasteiger partial charge on any atom is 0.0122 e. The van der Waals surface area contributed by atoms with Crippen LogP contribution < -0.4 is 11.1 Å². The molecule has 0 unspecified atom stereocenters. The van der Waals surface area contributed by atoms with Gasteiger partial charge in [-0.1, -0.05) is 45.4 Å². The summed E-state index contributed by atoms with van der Waals surface area (Å²) in [5.74, 6) is 0. The van der Waals surface area contributed by atoms with Crippen molar-refractivity contribution in [3.8, 4) is 0 Å². The molecule has 0 heterocycles. The molecular weight excluding hydrogens is 208 g/mol. The molecule has 0 fully saturated rings. The first-order chi connectivity index (χ1) is 8.12. The minimum absolute atomic E-state index is 0.322. The van der Waals surface area contributed by atoms with Crippen molar-refractivity contribution in [2.24, 2.45) is 5.73 Å². The predicted molar refractivity (Wildman–Crippen MR) is 78.4 cm³/mol. The van der Waals surface area contributed by atoms with Crippen LogP contribution in [0.2, 0.25) is 0 Å². The summed E-state index contributed by atoms with van der Waals surface area (Å²) in [6.45, 7) is 8.84. The third-order valence-electron chi connectivity index (χ3n) is 3.62. The minimum atomic E-state index is 0.322. The number of nitrogens with two attached hydrogens (primary N) is 1. The summed E-state index contributed by atoms with van der Waals surface area (Å²) in [5, 5.41) is 3.61. The fourth-order valence-corrected chi connectivity index (χ4v) is 1.88. The van der Waals surface area contributed by atoms with E-state index in [4.69, 9.17) is 5.73 Å². The minimum Gasteiger partial charge on any atom is -0.330 e. The molecule has 0 aromatic heterocycles. The topological polar surface area (TPSA) is 38.0 Å².